The van der Waals surface area contributed by atoms with Gasteiger partial charge in [-0.15, -0.1) is 0 Å². The van der Waals surface area contributed by atoms with Gasteiger partial charge in [0.05, 0.1) is 8.52 Å². The molecule has 0 bridgehead atoms. The van der Waals surface area contributed by atoms with E-state index in [0.29, 0.717) is 0 Å². The van der Waals surface area contributed by atoms with Crippen LogP contribution in [0.5, 0.6) is 0 Å². The standard InChI is InChI=1S/C3H8.CH3F.5CH4.2H2/c1-3-2;1-2;;;;;;;/h3H2,1-2H3;1H3;5*1H4;2*1H/i;1T;1T2;;;;;1+2T;1+2. The average molecular weight is 174 g/mol. The molecule has 0 atom stereocenters. The van der Waals surface area contributed by atoms with Gasteiger partial charge in [0.1, 0.15) is 0 Å². The zero-order valence-electron chi connectivity index (χ0n) is 9.50. The maximum absolute atomic E-state index is 9.96. The molecule has 1 heteroatoms. The van der Waals surface area contributed by atoms with Gasteiger partial charge in [0.15, 0.2) is 0 Å². The maximum atomic E-state index is 9.96. The van der Waals surface area contributed by atoms with Crippen molar-refractivity contribution in [1.29, 1.82) is 0 Å². The zero-order valence-corrected chi connectivity index (χ0v) is 4.50. The lowest BCUT2D eigenvalue weighted by Gasteiger charge is -1.48. The van der Waals surface area contributed by atoms with Crippen molar-refractivity contribution in [3.63, 3.8) is 0 Å². The molecule has 0 aliphatic heterocycles. The molecule has 0 fully saturated rings. The maximum Gasteiger partial charge on any atom is 0.0785 e. The second-order valence-electron chi connectivity index (χ2n) is 0.707. The van der Waals surface area contributed by atoms with Gasteiger partial charge in [0, 0.05) is 7.14 Å². The first-order valence-corrected chi connectivity index (χ1v) is 1.68. The molecule has 0 N–H and O–H groups in total. The number of hydrogen-bond donors (Lipinski definition) is 0. The summed E-state index contributed by atoms with van der Waals surface area (Å²) in [6, 6.07) is 0. The molecular formula is C9H35F. The molecule has 0 nitrogen and oxygen atoms in total. The lowest BCUT2D eigenvalue weighted by Crippen LogP contribution is -1.27. The van der Waals surface area contributed by atoms with E-state index in [1.165, 1.54) is 6.42 Å². The van der Waals surface area contributed by atoms with Gasteiger partial charge in [-0.1, -0.05) is 57.4 Å². The van der Waals surface area contributed by atoms with Crippen LogP contribution in [0.4, 0.5) is 4.39 Å². The van der Waals surface area contributed by atoms with Crippen LogP contribution >= 0.6 is 0 Å². The Labute approximate surface area is 78.6 Å². The van der Waals surface area contributed by atoms with Gasteiger partial charge >= 0.3 is 0 Å². The van der Waals surface area contributed by atoms with Gasteiger partial charge in [-0.2, -0.15) is 0 Å². The van der Waals surface area contributed by atoms with Crippen LogP contribution in [0.2, 0.25) is 0 Å². The first-order valence-electron chi connectivity index (χ1n) is 4.80. The summed E-state index contributed by atoms with van der Waals surface area (Å²) in [6.45, 7) is 4.25. The van der Waals surface area contributed by atoms with Crippen molar-refractivity contribution in [2.24, 2.45) is 0 Å². The first kappa shape index (κ1) is 16.5. The molecule has 0 aromatic rings. The van der Waals surface area contributed by atoms with Gasteiger partial charge in [0.25, 0.3) is 0 Å². The van der Waals surface area contributed by atoms with Crippen molar-refractivity contribution in [2.45, 2.75) is 57.4 Å². The average Bonchev–Trinajstić information content (AvgIpc) is 1.96. The minimum absolute atomic E-state index is 0. The van der Waals surface area contributed by atoms with Crippen LogP contribution in [-0.4, -0.2) is 7.15 Å². The molecule has 78 valence electrons. The summed E-state index contributed by atoms with van der Waals surface area (Å²) in [4.78, 5) is 0. The molecule has 0 aromatic carbocycles. The monoisotopic (exact) mass is 174 g/mol. The van der Waals surface area contributed by atoms with E-state index in [1.54, 1.807) is 0 Å². The van der Waals surface area contributed by atoms with Crippen LogP contribution in [0.15, 0.2) is 0 Å². The second kappa shape index (κ2) is 649. The minimum Gasteiger partial charge on any atom is -0.255 e. The Morgan fingerprint density at radius 2 is 1.40 bits per heavy atom. The highest BCUT2D eigenvalue weighted by molar-refractivity contribution is 3.92. The molecule has 0 aliphatic rings. The van der Waals surface area contributed by atoms with Crippen molar-refractivity contribution in [3.8, 4) is 0 Å². The van der Waals surface area contributed by atoms with Crippen LogP contribution in [0.3, 0.4) is 0 Å². The van der Waals surface area contributed by atoms with Crippen molar-refractivity contribution in [3.05, 3.63) is 0 Å². The Morgan fingerprint density at radius 1 is 1.40 bits per heavy atom. The quantitative estimate of drug-likeness (QED) is 0.443. The summed E-state index contributed by atoms with van der Waals surface area (Å²) < 4.78 is 37.2. The summed E-state index contributed by atoms with van der Waals surface area (Å²) in [5.74, 6) is 0. The summed E-state index contributed by atoms with van der Waals surface area (Å²) in [6.07, 6.45) is 1.25. The fourth-order valence-corrected chi connectivity index (χ4v) is 0. The normalized spacial score (nSPS) is 6.50. The number of hydrogen-bond acceptors (Lipinski definition) is 0. The molecule has 0 unspecified atom stereocenters. The fourth-order valence-electron chi connectivity index (χ4n) is 0. The Hall–Kier alpha value is -0.0700. The molecule has 0 heterocycles. The Morgan fingerprint density at radius 3 is 1.40 bits per heavy atom. The number of halogens is 1. The van der Waals surface area contributed by atoms with E-state index in [2.05, 4.69) is 13.8 Å². The molecule has 0 aliphatic carbocycles. The molecule has 0 spiro atoms. The highest BCUT2D eigenvalue weighted by atomic mass is 19.1. The van der Waals surface area contributed by atoms with Gasteiger partial charge in [-0.05, 0) is 0 Å². The largest absolute Gasteiger partial charge is 0.255 e. The summed E-state index contributed by atoms with van der Waals surface area (Å²) in [5, 5.41) is 0. The van der Waals surface area contributed by atoms with Gasteiger partial charge < -0.3 is 0 Å². The molecule has 0 rings (SSSR count). The minimum atomic E-state index is -1.00. The van der Waals surface area contributed by atoms with Gasteiger partial charge in [0.2, 0.25) is 0 Å². The molecule has 10 heavy (non-hydrogen) atoms. The zero-order chi connectivity index (χ0) is 10.1. The number of alkyl halides is 1. The smallest absolute Gasteiger partial charge is 0.0785 e. The summed E-state index contributed by atoms with van der Waals surface area (Å²) in [7, 11) is -1.25. The van der Waals surface area contributed by atoms with E-state index in [-0.39, 0.29) is 38.5 Å². The van der Waals surface area contributed by atoms with Crippen molar-refractivity contribution in [2.75, 3.05) is 7.15 Å². The van der Waals surface area contributed by atoms with E-state index >= 15 is 0 Å². The topological polar surface area (TPSA) is 0 Å². The summed E-state index contributed by atoms with van der Waals surface area (Å²) >= 11 is 0. The van der Waals surface area contributed by atoms with E-state index in [9.17, 15) is 4.39 Å². The molecular weight excluding hydrogens is 127 g/mol. The van der Waals surface area contributed by atoms with Crippen LogP contribution in [0.1, 0.15) is 65.9 Å². The lowest BCUT2D eigenvalue weighted by atomic mass is 10.6. The van der Waals surface area contributed by atoms with Gasteiger partial charge in [-0.25, -0.2) is 0 Å². The predicted octanol–water partition coefficient (Wildman–Crippen LogP) is 5.67. The molecule has 0 amide bonds. The van der Waals surface area contributed by atoms with Crippen LogP contribution in [-0.2, 0) is 0 Å². The molecule has 0 saturated carbocycles. The second-order valence-corrected chi connectivity index (χ2v) is 0.707. The van der Waals surface area contributed by atoms with E-state index in [0.717, 1.165) is 0 Å². The fraction of sp³-hybridized carbons (Fsp3) is 1.00. The Bertz CT molecular complexity index is 24.7. The van der Waals surface area contributed by atoms with Crippen LogP contribution in [0, 0.1) is 0 Å². The van der Waals surface area contributed by atoms with Gasteiger partial charge in [-0.3, -0.25) is 4.39 Å². The number of rotatable bonds is 0. The van der Waals surface area contributed by atoms with Crippen LogP contribution < -0.4 is 0 Å². The third kappa shape index (κ3) is 77700. The Kier molecular flexibility index (Phi) is 1070. The van der Waals surface area contributed by atoms with Crippen LogP contribution in [0.25, 0.3) is 0 Å². The SMILES string of the molecule is C.C.C.C.CCC.[3HH].[3H]CF.[3H]C[3H].[3H][3H]. The van der Waals surface area contributed by atoms with Crippen molar-refractivity contribution in [1.82, 2.24) is 0 Å². The third-order valence-corrected chi connectivity index (χ3v) is 0. The highest BCUT2D eigenvalue weighted by Gasteiger charge is 1.35. The lowest BCUT2D eigenvalue weighted by molar-refractivity contribution is 0.636. The molecule has 0 aromatic heterocycles. The van der Waals surface area contributed by atoms with E-state index in [4.69, 9.17) is 7.08 Å². The molecule has 0 radical (unpaired) electrons. The Balaban J connectivity index is -0.00000000533. The summed E-state index contributed by atoms with van der Waals surface area (Å²) in [5.41, 5.74) is 0. The van der Waals surface area contributed by atoms with Crippen molar-refractivity contribution < 1.29 is 12.9 Å². The molecule has 0 saturated heterocycles. The predicted molar refractivity (Wildman–Crippen MR) is 60.9 cm³/mol. The van der Waals surface area contributed by atoms with E-state index in [1.807, 2.05) is 0 Å². The van der Waals surface area contributed by atoms with E-state index < -0.39 is 7.15 Å². The highest BCUT2D eigenvalue weighted by Crippen LogP contribution is 1.56. The van der Waals surface area contributed by atoms with Crippen molar-refractivity contribution >= 4 is 0 Å². The first-order chi connectivity index (χ1) is 5.24. The third-order valence-electron chi connectivity index (χ3n) is 0.